The minimum atomic E-state index is -0.574. The van der Waals surface area contributed by atoms with Crippen molar-refractivity contribution in [2.24, 2.45) is 0 Å². The molecule has 0 aliphatic carbocycles. The van der Waals surface area contributed by atoms with Crippen molar-refractivity contribution in [3.63, 3.8) is 0 Å². The summed E-state index contributed by atoms with van der Waals surface area (Å²) in [5, 5.41) is 19.0. The summed E-state index contributed by atoms with van der Waals surface area (Å²) in [5.74, 6) is -0.143. The molecule has 60 valence electrons. The summed E-state index contributed by atoms with van der Waals surface area (Å²) in [7, 11) is 0. The van der Waals surface area contributed by atoms with E-state index in [1.807, 2.05) is 0 Å². The van der Waals surface area contributed by atoms with E-state index in [1.165, 1.54) is 12.1 Å². The molecule has 0 spiro atoms. The van der Waals surface area contributed by atoms with Gasteiger partial charge in [0.1, 0.15) is 5.75 Å². The molecule has 0 aliphatic heterocycles. The average molecular weight is 178 g/mol. The van der Waals surface area contributed by atoms with E-state index in [2.05, 4.69) is 0 Å². The number of nitro groups is 1. The fourth-order valence-corrected chi connectivity index (χ4v) is 0.655. The Labute approximate surface area is 84.5 Å². The zero-order chi connectivity index (χ0) is 8.43. The van der Waals surface area contributed by atoms with Crippen LogP contribution >= 0.6 is 0 Å². The zero-order valence-corrected chi connectivity index (χ0v) is 7.64. The first-order valence-electron chi connectivity index (χ1n) is 2.84. The van der Waals surface area contributed by atoms with Crippen molar-refractivity contribution >= 4 is 34.4 Å². The van der Waals surface area contributed by atoms with E-state index in [0.717, 1.165) is 6.07 Å². The maximum absolute atomic E-state index is 10.1. The van der Waals surface area contributed by atoms with Crippen LogP contribution in [0.3, 0.4) is 0 Å². The van der Waals surface area contributed by atoms with Crippen molar-refractivity contribution in [2.45, 2.75) is 0 Å². The van der Waals surface area contributed by atoms with Crippen LogP contribution in [0.5, 0.6) is 5.75 Å². The van der Waals surface area contributed by atoms with E-state index in [-0.39, 0.29) is 40.2 Å². The molecule has 0 amide bonds. The predicted molar refractivity (Wildman–Crippen MR) is 44.9 cm³/mol. The van der Waals surface area contributed by atoms with Gasteiger partial charge in [-0.3, -0.25) is 10.1 Å². The van der Waals surface area contributed by atoms with E-state index in [4.69, 9.17) is 10.8 Å². The van der Waals surface area contributed by atoms with E-state index in [0.29, 0.717) is 0 Å². The van der Waals surface area contributed by atoms with Crippen molar-refractivity contribution < 1.29 is 10.0 Å². The highest BCUT2D eigenvalue weighted by Crippen LogP contribution is 2.24. The number of non-ortho nitro benzene ring substituents is 1. The van der Waals surface area contributed by atoms with Gasteiger partial charge in [-0.05, 0) is 6.07 Å². The summed E-state index contributed by atoms with van der Waals surface area (Å²) in [6.45, 7) is 0. The largest absolute Gasteiger partial charge is 0.506 e. The topological polar surface area (TPSA) is 89.4 Å². The molecule has 0 saturated carbocycles. The smallest absolute Gasteiger partial charge is 0.271 e. The van der Waals surface area contributed by atoms with Gasteiger partial charge in [0.2, 0.25) is 0 Å². The number of nitrogens with two attached hydrogens (primary N) is 1. The highest BCUT2D eigenvalue weighted by molar-refractivity contribution is 5.75. The van der Waals surface area contributed by atoms with E-state index in [1.54, 1.807) is 0 Å². The molecule has 0 atom stereocenters. The number of nitro benzene ring substituents is 1. The summed E-state index contributed by atoms with van der Waals surface area (Å²) in [6.07, 6.45) is 0. The van der Waals surface area contributed by atoms with Gasteiger partial charge < -0.3 is 10.8 Å². The Bertz CT molecular complexity index is 303. The maximum atomic E-state index is 10.1. The zero-order valence-electron chi connectivity index (χ0n) is 6.23. The molecule has 0 saturated heterocycles. The van der Waals surface area contributed by atoms with Crippen LogP contribution < -0.4 is 5.73 Å². The summed E-state index contributed by atoms with van der Waals surface area (Å²) in [5.41, 5.74) is 5.09. The number of nitrogens with zero attached hydrogens (tertiary/aromatic N) is 1. The van der Waals surface area contributed by atoms with Crippen molar-refractivity contribution in [2.75, 3.05) is 5.73 Å². The number of phenolic OH excluding ortho intramolecular Hbond substituents is 1. The highest BCUT2D eigenvalue weighted by Gasteiger charge is 2.06. The van der Waals surface area contributed by atoms with Gasteiger partial charge in [0, 0.05) is 35.2 Å². The van der Waals surface area contributed by atoms with Gasteiger partial charge in [-0.2, -0.15) is 0 Å². The number of rotatable bonds is 1. The molecule has 0 bridgehead atoms. The molecule has 3 N–H and O–H groups in total. The molecular weight excluding hydrogens is 172 g/mol. The summed E-state index contributed by atoms with van der Waals surface area (Å²) < 4.78 is 0. The predicted octanol–water partition coefficient (Wildman–Crippen LogP) is 0.502. The molecule has 1 aromatic carbocycles. The Morgan fingerprint density at radius 2 is 2.08 bits per heavy atom. The average Bonchev–Trinajstić information content (AvgIpc) is 1.94. The minimum Gasteiger partial charge on any atom is -0.506 e. The number of phenols is 1. The van der Waals surface area contributed by atoms with Crippen LogP contribution in [0.4, 0.5) is 11.4 Å². The van der Waals surface area contributed by atoms with Crippen LogP contribution in [0.1, 0.15) is 0 Å². The third kappa shape index (κ3) is 2.24. The first kappa shape index (κ1) is 11.0. The Kier molecular flexibility index (Phi) is 3.77. The molecule has 2 radical (unpaired) electrons. The number of nitrogen functional groups attached to an aromatic ring is 1. The Morgan fingerprint density at radius 1 is 1.50 bits per heavy atom. The summed E-state index contributed by atoms with van der Waals surface area (Å²) in [6, 6.07) is 3.48. The number of hydrogen-bond acceptors (Lipinski definition) is 4. The van der Waals surface area contributed by atoms with Crippen LogP contribution in [0.25, 0.3) is 0 Å². The van der Waals surface area contributed by atoms with Crippen LogP contribution in [-0.2, 0) is 0 Å². The van der Waals surface area contributed by atoms with Crippen LogP contribution in [-0.4, -0.2) is 33.1 Å². The molecule has 1 rings (SSSR count). The van der Waals surface area contributed by atoms with Gasteiger partial charge >= 0.3 is 0 Å². The molecule has 1 aromatic rings. The lowest BCUT2D eigenvalue weighted by Gasteiger charge is -1.96. The van der Waals surface area contributed by atoms with Gasteiger partial charge in [0.15, 0.2) is 0 Å². The first-order valence-corrected chi connectivity index (χ1v) is 2.84. The highest BCUT2D eigenvalue weighted by atomic mass is 24.3. The van der Waals surface area contributed by atoms with Crippen molar-refractivity contribution in [3.05, 3.63) is 28.3 Å². The number of hydrogen-bond donors (Lipinski definition) is 2. The summed E-state index contributed by atoms with van der Waals surface area (Å²) in [4.78, 5) is 9.56. The van der Waals surface area contributed by atoms with Gasteiger partial charge in [0.05, 0.1) is 10.6 Å². The number of benzene rings is 1. The van der Waals surface area contributed by atoms with Crippen LogP contribution in [0.15, 0.2) is 18.2 Å². The van der Waals surface area contributed by atoms with E-state index in [9.17, 15) is 10.1 Å². The van der Waals surface area contributed by atoms with Gasteiger partial charge in [0.25, 0.3) is 5.69 Å². The fraction of sp³-hybridized carbons (Fsp3) is 0. The molecule has 12 heavy (non-hydrogen) atoms. The summed E-state index contributed by atoms with van der Waals surface area (Å²) >= 11 is 0. The van der Waals surface area contributed by atoms with E-state index >= 15 is 0 Å². The van der Waals surface area contributed by atoms with Gasteiger partial charge in [-0.25, -0.2) is 0 Å². The van der Waals surface area contributed by atoms with E-state index < -0.39 is 4.92 Å². The normalized spacial score (nSPS) is 8.67. The monoisotopic (exact) mass is 178 g/mol. The minimum absolute atomic E-state index is 0. The molecular formula is C6H6MgN2O3. The number of anilines is 1. The lowest BCUT2D eigenvalue weighted by molar-refractivity contribution is -0.384. The second kappa shape index (κ2) is 4.12. The van der Waals surface area contributed by atoms with Gasteiger partial charge in [-0.15, -0.1) is 0 Å². The molecule has 0 heterocycles. The van der Waals surface area contributed by atoms with Crippen molar-refractivity contribution in [1.82, 2.24) is 0 Å². The second-order valence-electron chi connectivity index (χ2n) is 2.00. The third-order valence-corrected chi connectivity index (χ3v) is 1.22. The Balaban J connectivity index is 0.00000121. The molecule has 0 fully saturated rings. The third-order valence-electron chi connectivity index (χ3n) is 1.22. The fourth-order valence-electron chi connectivity index (χ4n) is 0.655. The molecule has 0 unspecified atom stereocenters. The van der Waals surface area contributed by atoms with Crippen molar-refractivity contribution in [1.29, 1.82) is 0 Å². The molecule has 0 aliphatic rings. The maximum Gasteiger partial charge on any atom is 0.271 e. The Morgan fingerprint density at radius 3 is 2.50 bits per heavy atom. The second-order valence-corrected chi connectivity index (χ2v) is 2.00. The molecule has 6 heteroatoms. The van der Waals surface area contributed by atoms with Gasteiger partial charge in [-0.1, -0.05) is 0 Å². The van der Waals surface area contributed by atoms with Crippen LogP contribution in [0.2, 0.25) is 0 Å². The first-order chi connectivity index (χ1) is 5.11. The lowest BCUT2D eigenvalue weighted by atomic mass is 10.2. The van der Waals surface area contributed by atoms with Crippen LogP contribution in [0, 0.1) is 10.1 Å². The standard InChI is InChI=1S/C6H6N2O3.Mg/c7-5-3-4(8(10)11)1-2-6(5)9;/h1-3,9H,7H2;. The quantitative estimate of drug-likeness (QED) is 0.215. The SMILES string of the molecule is Nc1cc([N+](=O)[O-])ccc1O.[Mg]. The van der Waals surface area contributed by atoms with Crippen molar-refractivity contribution in [3.8, 4) is 5.75 Å². The molecule has 5 nitrogen and oxygen atoms in total. The number of aromatic hydroxyl groups is 1. The lowest BCUT2D eigenvalue weighted by Crippen LogP contribution is -1.90. The molecule has 0 aromatic heterocycles. The Hall–Kier alpha value is -1.01.